The van der Waals surface area contributed by atoms with Crippen LogP contribution in [-0.2, 0) is 4.79 Å². The van der Waals surface area contributed by atoms with Crippen LogP contribution in [0.4, 0.5) is 0 Å². The van der Waals surface area contributed by atoms with Gasteiger partial charge in [-0.1, -0.05) is 25.7 Å². The number of hydrogen-bond donors (Lipinski definition) is 1. The van der Waals surface area contributed by atoms with Crippen molar-refractivity contribution in [3.63, 3.8) is 0 Å². The van der Waals surface area contributed by atoms with Gasteiger partial charge in [-0.2, -0.15) is 0 Å². The SMILES string of the molecule is CC1(NC(=O)CN2CCCCC2)CCCCC1. The van der Waals surface area contributed by atoms with E-state index in [0.29, 0.717) is 6.54 Å². The van der Waals surface area contributed by atoms with Crippen LogP contribution < -0.4 is 5.32 Å². The van der Waals surface area contributed by atoms with Gasteiger partial charge >= 0.3 is 0 Å². The highest BCUT2D eigenvalue weighted by Crippen LogP contribution is 2.27. The molecule has 2 rings (SSSR count). The predicted molar refractivity (Wildman–Crippen MR) is 69.9 cm³/mol. The van der Waals surface area contributed by atoms with Crippen molar-refractivity contribution in [1.82, 2.24) is 10.2 Å². The van der Waals surface area contributed by atoms with Gasteiger partial charge in [0.25, 0.3) is 0 Å². The molecule has 1 saturated heterocycles. The van der Waals surface area contributed by atoms with E-state index in [-0.39, 0.29) is 11.4 Å². The van der Waals surface area contributed by atoms with Crippen molar-refractivity contribution in [1.29, 1.82) is 0 Å². The molecule has 2 aliphatic rings. The van der Waals surface area contributed by atoms with E-state index in [4.69, 9.17) is 0 Å². The summed E-state index contributed by atoms with van der Waals surface area (Å²) in [6, 6.07) is 0. The van der Waals surface area contributed by atoms with E-state index in [9.17, 15) is 4.79 Å². The summed E-state index contributed by atoms with van der Waals surface area (Å²) in [6.45, 7) is 5.02. The van der Waals surface area contributed by atoms with E-state index < -0.39 is 0 Å². The van der Waals surface area contributed by atoms with Crippen LogP contribution in [0.15, 0.2) is 0 Å². The van der Waals surface area contributed by atoms with E-state index in [0.717, 1.165) is 25.9 Å². The first-order valence-electron chi connectivity index (χ1n) is 7.21. The smallest absolute Gasteiger partial charge is 0.234 e. The molecule has 0 radical (unpaired) electrons. The zero-order valence-corrected chi connectivity index (χ0v) is 11.1. The summed E-state index contributed by atoms with van der Waals surface area (Å²) in [4.78, 5) is 14.3. The average molecular weight is 238 g/mol. The average Bonchev–Trinajstić information content (AvgIpc) is 2.30. The molecule has 0 aromatic carbocycles. The van der Waals surface area contributed by atoms with Gasteiger partial charge in [0.1, 0.15) is 0 Å². The molecule has 3 heteroatoms. The lowest BCUT2D eigenvalue weighted by atomic mass is 9.83. The minimum atomic E-state index is 0.0745. The van der Waals surface area contributed by atoms with Crippen molar-refractivity contribution in [2.75, 3.05) is 19.6 Å². The highest BCUT2D eigenvalue weighted by Gasteiger charge is 2.28. The van der Waals surface area contributed by atoms with Gasteiger partial charge in [0.05, 0.1) is 6.54 Å². The third-order valence-electron chi connectivity index (χ3n) is 4.21. The van der Waals surface area contributed by atoms with E-state index in [1.807, 2.05) is 0 Å². The zero-order valence-electron chi connectivity index (χ0n) is 11.1. The quantitative estimate of drug-likeness (QED) is 0.818. The second-order valence-corrected chi connectivity index (χ2v) is 6.01. The molecule has 1 saturated carbocycles. The number of piperidine rings is 1. The molecule has 0 aromatic rings. The number of carbonyl (C=O) groups is 1. The van der Waals surface area contributed by atoms with Crippen molar-refractivity contribution >= 4 is 5.91 Å². The lowest BCUT2D eigenvalue weighted by Crippen LogP contribution is -2.51. The highest BCUT2D eigenvalue weighted by atomic mass is 16.2. The number of likely N-dealkylation sites (tertiary alicyclic amines) is 1. The maximum Gasteiger partial charge on any atom is 0.234 e. The summed E-state index contributed by atoms with van der Waals surface area (Å²) < 4.78 is 0. The molecule has 1 aliphatic heterocycles. The molecule has 1 heterocycles. The number of nitrogens with zero attached hydrogens (tertiary/aromatic N) is 1. The number of nitrogens with one attached hydrogen (secondary N) is 1. The predicted octanol–water partition coefficient (Wildman–Crippen LogP) is 2.31. The molecular formula is C14H26N2O. The fourth-order valence-corrected chi connectivity index (χ4v) is 3.15. The first-order chi connectivity index (χ1) is 8.18. The number of carbonyl (C=O) groups excluding carboxylic acids is 1. The lowest BCUT2D eigenvalue weighted by Gasteiger charge is -2.35. The van der Waals surface area contributed by atoms with Crippen molar-refractivity contribution in [3.05, 3.63) is 0 Å². The molecule has 1 aliphatic carbocycles. The third-order valence-corrected chi connectivity index (χ3v) is 4.21. The highest BCUT2D eigenvalue weighted by molar-refractivity contribution is 5.78. The molecule has 17 heavy (non-hydrogen) atoms. The fraction of sp³-hybridized carbons (Fsp3) is 0.929. The summed E-state index contributed by atoms with van der Waals surface area (Å²) >= 11 is 0. The first-order valence-corrected chi connectivity index (χ1v) is 7.21. The summed E-state index contributed by atoms with van der Waals surface area (Å²) in [7, 11) is 0. The largest absolute Gasteiger partial charge is 0.350 e. The Morgan fingerprint density at radius 1 is 1.06 bits per heavy atom. The Hall–Kier alpha value is -0.570. The summed E-state index contributed by atoms with van der Waals surface area (Å²) in [5.41, 5.74) is 0.0745. The Balaban J connectivity index is 1.75. The standard InChI is InChI=1S/C14H26N2O/c1-14(8-4-2-5-9-14)15-13(17)12-16-10-6-3-7-11-16/h2-12H2,1H3,(H,15,17). The molecular weight excluding hydrogens is 212 g/mol. The van der Waals surface area contributed by atoms with Crippen LogP contribution in [0.1, 0.15) is 58.3 Å². The van der Waals surface area contributed by atoms with Gasteiger partial charge < -0.3 is 5.32 Å². The van der Waals surface area contributed by atoms with E-state index in [2.05, 4.69) is 17.1 Å². The number of amides is 1. The molecule has 1 amide bonds. The van der Waals surface area contributed by atoms with Crippen molar-refractivity contribution in [3.8, 4) is 0 Å². The van der Waals surface area contributed by atoms with Gasteiger partial charge in [-0.25, -0.2) is 0 Å². The number of rotatable bonds is 3. The summed E-state index contributed by atoms with van der Waals surface area (Å²) in [5.74, 6) is 0.233. The molecule has 0 aromatic heterocycles. The Bertz CT molecular complexity index is 253. The molecule has 0 bridgehead atoms. The minimum absolute atomic E-state index is 0.0745. The van der Waals surface area contributed by atoms with Crippen LogP contribution in [0.25, 0.3) is 0 Å². The number of hydrogen-bond acceptors (Lipinski definition) is 2. The van der Waals surface area contributed by atoms with E-state index in [1.54, 1.807) is 0 Å². The monoisotopic (exact) mass is 238 g/mol. The molecule has 0 atom stereocenters. The van der Waals surface area contributed by atoms with Crippen LogP contribution in [0.3, 0.4) is 0 Å². The van der Waals surface area contributed by atoms with Gasteiger partial charge in [-0.05, 0) is 45.7 Å². The van der Waals surface area contributed by atoms with E-state index >= 15 is 0 Å². The Kier molecular flexibility index (Phi) is 4.43. The second-order valence-electron chi connectivity index (χ2n) is 6.01. The maximum atomic E-state index is 12.0. The van der Waals surface area contributed by atoms with E-state index in [1.165, 1.54) is 38.5 Å². The van der Waals surface area contributed by atoms with Gasteiger partial charge in [-0.15, -0.1) is 0 Å². The van der Waals surface area contributed by atoms with Crippen molar-refractivity contribution in [2.45, 2.75) is 63.8 Å². The van der Waals surface area contributed by atoms with Crippen LogP contribution in [0, 0.1) is 0 Å². The van der Waals surface area contributed by atoms with Gasteiger partial charge in [-0.3, -0.25) is 9.69 Å². The second kappa shape index (κ2) is 5.85. The third kappa shape index (κ3) is 3.98. The van der Waals surface area contributed by atoms with Crippen molar-refractivity contribution in [2.24, 2.45) is 0 Å². The van der Waals surface area contributed by atoms with Crippen LogP contribution >= 0.6 is 0 Å². The van der Waals surface area contributed by atoms with Crippen LogP contribution in [-0.4, -0.2) is 36.0 Å². The molecule has 2 fully saturated rings. The first kappa shape index (κ1) is 12.9. The molecule has 98 valence electrons. The van der Waals surface area contributed by atoms with Crippen LogP contribution in [0.5, 0.6) is 0 Å². The maximum absolute atomic E-state index is 12.0. The topological polar surface area (TPSA) is 32.3 Å². The molecule has 0 unspecified atom stereocenters. The minimum Gasteiger partial charge on any atom is -0.350 e. The summed E-state index contributed by atoms with van der Waals surface area (Å²) in [5, 5.41) is 3.26. The van der Waals surface area contributed by atoms with Gasteiger partial charge in [0, 0.05) is 5.54 Å². The van der Waals surface area contributed by atoms with Crippen LogP contribution in [0.2, 0.25) is 0 Å². The Morgan fingerprint density at radius 3 is 2.29 bits per heavy atom. The fourth-order valence-electron chi connectivity index (χ4n) is 3.15. The zero-order chi connectivity index (χ0) is 12.1. The summed E-state index contributed by atoms with van der Waals surface area (Å²) in [6.07, 6.45) is 10.0. The molecule has 0 spiro atoms. The molecule has 1 N–H and O–H groups in total. The Labute approximate surface area is 105 Å². The van der Waals surface area contributed by atoms with Gasteiger partial charge in [0.15, 0.2) is 0 Å². The normalized spacial score (nSPS) is 25.5. The Morgan fingerprint density at radius 2 is 1.65 bits per heavy atom. The van der Waals surface area contributed by atoms with Gasteiger partial charge in [0.2, 0.25) is 5.91 Å². The lowest BCUT2D eigenvalue weighted by molar-refractivity contribution is -0.124. The molecule has 3 nitrogen and oxygen atoms in total. The van der Waals surface area contributed by atoms with Crippen molar-refractivity contribution < 1.29 is 4.79 Å².